The summed E-state index contributed by atoms with van der Waals surface area (Å²) in [4.78, 5) is 3.65. The monoisotopic (exact) mass is 137 g/mol. The van der Waals surface area contributed by atoms with E-state index in [2.05, 4.69) is 41.3 Å². The summed E-state index contributed by atoms with van der Waals surface area (Å²) < 4.78 is 0. The fourth-order valence-electron chi connectivity index (χ4n) is 0.331. The predicted molar refractivity (Wildman–Crippen MR) is 42.5 cm³/mol. The molecule has 0 amide bonds. The summed E-state index contributed by atoms with van der Waals surface area (Å²) in [6.07, 6.45) is 0. The average molecular weight is 137 g/mol. The van der Waals surface area contributed by atoms with E-state index in [-0.39, 0.29) is 0 Å². The Labute approximate surface area is 60.1 Å². The number of rotatable bonds is 2. The van der Waals surface area contributed by atoms with Crippen LogP contribution in [0, 0.1) is 0 Å². The molecule has 0 heterocycles. The zero-order valence-corrected chi connectivity index (χ0v) is 6.09. The molecule has 0 radical (unpaired) electrons. The van der Waals surface area contributed by atoms with Crippen LogP contribution >= 0.6 is 12.2 Å². The Morgan fingerprint density at radius 3 is 2.33 bits per heavy atom. The van der Waals surface area contributed by atoms with Gasteiger partial charge in [0.15, 0.2) is 0 Å². The highest BCUT2D eigenvalue weighted by molar-refractivity contribution is 7.78. The fraction of sp³-hybridized carbons (Fsp3) is 0.143. The van der Waals surface area contributed by atoms with Crippen LogP contribution in [-0.2, 0) is 0 Å². The van der Waals surface area contributed by atoms with Gasteiger partial charge in [0.25, 0.3) is 0 Å². The van der Waals surface area contributed by atoms with Gasteiger partial charge in [0.05, 0.1) is 5.16 Å². The van der Waals surface area contributed by atoms with E-state index in [4.69, 9.17) is 0 Å². The van der Waals surface area contributed by atoms with E-state index in [1.807, 2.05) is 6.92 Å². The van der Waals surface area contributed by atoms with Crippen LogP contribution in [0.2, 0.25) is 0 Å². The molecule has 2 heteroatoms. The molecule has 0 aliphatic rings. The molecule has 0 bridgehead atoms. The summed E-state index contributed by atoms with van der Waals surface area (Å²) in [7, 11) is 0. The number of hydrogen-bond acceptors (Lipinski definition) is 2. The maximum absolute atomic E-state index is 4.37. The molecule has 0 saturated heterocycles. The Kier molecular flexibility index (Phi) is 3.57. The van der Waals surface area contributed by atoms with Crippen molar-refractivity contribution < 1.29 is 0 Å². The van der Waals surface area contributed by atoms with Crippen LogP contribution in [0.15, 0.2) is 35.2 Å². The first-order valence-corrected chi connectivity index (χ1v) is 2.77. The van der Waals surface area contributed by atoms with Gasteiger partial charge in [-0.05, 0) is 24.7 Å². The van der Waals surface area contributed by atoms with Crippen molar-refractivity contribution in [3.05, 3.63) is 30.2 Å². The Bertz CT molecular complexity index is 211. The molecule has 0 rings (SSSR count). The van der Waals surface area contributed by atoms with Crippen LogP contribution in [0.3, 0.4) is 0 Å². The molecule has 46 valence electrons. The lowest BCUT2D eigenvalue weighted by Crippen LogP contribution is -1.73. The Morgan fingerprint density at radius 2 is 2.22 bits per heavy atom. The van der Waals surface area contributed by atoms with E-state index >= 15 is 0 Å². The van der Waals surface area contributed by atoms with Crippen molar-refractivity contribution >= 4 is 17.4 Å². The second-order valence-electron chi connectivity index (χ2n) is 1.51. The molecule has 0 aliphatic heterocycles. The Morgan fingerprint density at radius 1 is 1.67 bits per heavy atom. The SMILES string of the molecule is C=C=C(N=C=S)C(=C)C. The standard InChI is InChI=1S/C7H7NS/c1-4-7(6(2)3)8-5-9/h1-2H2,3H3. The van der Waals surface area contributed by atoms with Crippen LogP contribution < -0.4 is 0 Å². The molecular weight excluding hydrogens is 130 g/mol. The molecule has 0 aromatic rings. The lowest BCUT2D eigenvalue weighted by atomic mass is 10.3. The highest BCUT2D eigenvalue weighted by Gasteiger charge is 1.88. The lowest BCUT2D eigenvalue weighted by molar-refractivity contribution is 1.32. The van der Waals surface area contributed by atoms with Crippen molar-refractivity contribution in [3.63, 3.8) is 0 Å². The molecule has 0 spiro atoms. The summed E-state index contributed by atoms with van der Waals surface area (Å²) in [5, 5.41) is 2.21. The van der Waals surface area contributed by atoms with E-state index in [0.29, 0.717) is 5.70 Å². The molecule has 0 atom stereocenters. The van der Waals surface area contributed by atoms with Crippen molar-refractivity contribution in [1.82, 2.24) is 0 Å². The molecule has 9 heavy (non-hydrogen) atoms. The van der Waals surface area contributed by atoms with Gasteiger partial charge in [-0.2, -0.15) is 4.99 Å². The van der Waals surface area contributed by atoms with Crippen LogP contribution in [0.1, 0.15) is 6.92 Å². The third-order valence-corrected chi connectivity index (χ3v) is 0.820. The Balaban J connectivity index is 4.58. The second kappa shape index (κ2) is 3.99. The minimum atomic E-state index is 0.574. The minimum absolute atomic E-state index is 0.574. The van der Waals surface area contributed by atoms with Gasteiger partial charge < -0.3 is 0 Å². The maximum atomic E-state index is 4.37. The van der Waals surface area contributed by atoms with Crippen molar-refractivity contribution in [3.8, 4) is 0 Å². The van der Waals surface area contributed by atoms with E-state index in [1.54, 1.807) is 0 Å². The van der Waals surface area contributed by atoms with E-state index in [0.717, 1.165) is 5.57 Å². The zero-order valence-electron chi connectivity index (χ0n) is 5.27. The summed E-state index contributed by atoms with van der Waals surface area (Å²) in [6, 6.07) is 0. The molecule has 0 aromatic carbocycles. The maximum Gasteiger partial charge on any atom is 0.118 e. The molecule has 0 N–H and O–H groups in total. The Hall–Kier alpha value is -0.940. The van der Waals surface area contributed by atoms with E-state index in [1.165, 1.54) is 0 Å². The van der Waals surface area contributed by atoms with Gasteiger partial charge in [0.1, 0.15) is 5.70 Å². The highest BCUT2D eigenvalue weighted by Crippen LogP contribution is 2.03. The van der Waals surface area contributed by atoms with Crippen molar-refractivity contribution in [2.45, 2.75) is 6.92 Å². The molecule has 0 saturated carbocycles. The second-order valence-corrected chi connectivity index (χ2v) is 1.69. The predicted octanol–water partition coefficient (Wildman–Crippen LogP) is 2.33. The van der Waals surface area contributed by atoms with E-state index < -0.39 is 0 Å². The first kappa shape index (κ1) is 8.06. The van der Waals surface area contributed by atoms with Crippen molar-refractivity contribution in [2.75, 3.05) is 0 Å². The van der Waals surface area contributed by atoms with Gasteiger partial charge in [-0.3, -0.25) is 0 Å². The fourth-order valence-corrected chi connectivity index (χ4v) is 0.423. The third kappa shape index (κ3) is 2.78. The van der Waals surface area contributed by atoms with Crippen LogP contribution in [0.4, 0.5) is 0 Å². The summed E-state index contributed by atoms with van der Waals surface area (Å²) in [5.41, 5.74) is 3.94. The van der Waals surface area contributed by atoms with Crippen LogP contribution in [0.5, 0.6) is 0 Å². The van der Waals surface area contributed by atoms with Crippen LogP contribution in [0.25, 0.3) is 0 Å². The normalized spacial score (nSPS) is 6.78. The van der Waals surface area contributed by atoms with E-state index in [9.17, 15) is 0 Å². The van der Waals surface area contributed by atoms with Gasteiger partial charge >= 0.3 is 0 Å². The summed E-state index contributed by atoms with van der Waals surface area (Å²) in [5.74, 6) is 0. The molecule has 0 unspecified atom stereocenters. The van der Waals surface area contributed by atoms with Gasteiger partial charge in [0, 0.05) is 0 Å². The van der Waals surface area contributed by atoms with Crippen molar-refractivity contribution in [2.24, 2.45) is 4.99 Å². The highest BCUT2D eigenvalue weighted by atomic mass is 32.1. The minimum Gasteiger partial charge on any atom is -0.186 e. The number of nitrogens with zero attached hydrogens (tertiary/aromatic N) is 1. The number of thiocarbonyl (C=S) groups is 1. The van der Waals surface area contributed by atoms with Crippen molar-refractivity contribution in [1.29, 1.82) is 0 Å². The number of isothiocyanates is 1. The smallest absolute Gasteiger partial charge is 0.118 e. The number of allylic oxidation sites excluding steroid dienone is 1. The van der Waals surface area contributed by atoms with Gasteiger partial charge in [-0.15, -0.1) is 0 Å². The molecule has 1 nitrogen and oxygen atoms in total. The molecule has 0 aliphatic carbocycles. The largest absolute Gasteiger partial charge is 0.186 e. The topological polar surface area (TPSA) is 12.4 Å². The lowest BCUT2D eigenvalue weighted by Gasteiger charge is -1.88. The average Bonchev–Trinajstić information content (AvgIpc) is 1.82. The molecule has 0 fully saturated rings. The number of aliphatic imine (C=N–C) groups is 1. The summed E-state index contributed by atoms with van der Waals surface area (Å²) in [6.45, 7) is 8.83. The first-order chi connectivity index (χ1) is 4.22. The summed E-state index contributed by atoms with van der Waals surface area (Å²) >= 11 is 4.37. The molecular formula is C7H7NS. The van der Waals surface area contributed by atoms with Crippen LogP contribution in [-0.4, -0.2) is 5.16 Å². The van der Waals surface area contributed by atoms with Gasteiger partial charge in [0.2, 0.25) is 0 Å². The first-order valence-electron chi connectivity index (χ1n) is 2.36. The number of hydrogen-bond donors (Lipinski definition) is 0. The zero-order chi connectivity index (χ0) is 7.28. The quantitative estimate of drug-likeness (QED) is 0.246. The molecule has 0 aromatic heterocycles. The van der Waals surface area contributed by atoms with Gasteiger partial charge in [-0.1, -0.05) is 18.9 Å². The third-order valence-electron chi connectivity index (χ3n) is 0.729. The van der Waals surface area contributed by atoms with Gasteiger partial charge in [-0.25, -0.2) is 0 Å².